The van der Waals surface area contributed by atoms with Crippen LogP contribution in [0.25, 0.3) is 5.57 Å². The Morgan fingerprint density at radius 1 is 1.00 bits per heavy atom. The van der Waals surface area contributed by atoms with Gasteiger partial charge in [-0.15, -0.1) is 0 Å². The lowest BCUT2D eigenvalue weighted by Gasteiger charge is -2.09. The lowest BCUT2D eigenvalue weighted by atomic mass is 10.0. The number of hydrogen-bond acceptors (Lipinski definition) is 6. The highest BCUT2D eigenvalue weighted by Crippen LogP contribution is 2.24. The van der Waals surface area contributed by atoms with E-state index in [0.717, 1.165) is 53.5 Å². The summed E-state index contributed by atoms with van der Waals surface area (Å²) in [6.45, 7) is 2.48. The van der Waals surface area contributed by atoms with E-state index in [4.69, 9.17) is 4.74 Å². The fraction of sp³-hybridized carbons (Fsp3) is 0.333. The molecule has 0 aromatic heterocycles. The van der Waals surface area contributed by atoms with E-state index >= 15 is 0 Å². The predicted molar refractivity (Wildman–Crippen MR) is 140 cm³/mol. The minimum Gasteiger partial charge on any atom is -0.489 e. The topological polar surface area (TPSA) is 96.9 Å². The van der Waals surface area contributed by atoms with Gasteiger partial charge in [0.25, 0.3) is 0 Å². The molecule has 0 saturated heterocycles. The van der Waals surface area contributed by atoms with Gasteiger partial charge in [0.2, 0.25) is 11.8 Å². The van der Waals surface area contributed by atoms with Crippen LogP contribution in [0.5, 0.6) is 5.75 Å². The Bertz CT molecular complexity index is 1080. The smallest absolute Gasteiger partial charge is 0.230 e. The minimum atomic E-state index is -0.139. The standard InChI is InChI=1S/C27H31N3O4S/c1-20(31)35-19-27(33)28-14-7-3-6-13-26(32)30-25-16-23(17-29-25)22-10-8-9-21(15-22)18-34-24-11-4-2-5-12-24/h2,4-5,8-12,15,17H,3,6-7,13-14,16,18-19H2,1H3,(H,28,33)(H,29,30,32). The Balaban J connectivity index is 1.31. The molecular weight excluding hydrogens is 462 g/mol. The summed E-state index contributed by atoms with van der Waals surface area (Å²) < 4.78 is 5.84. The van der Waals surface area contributed by atoms with E-state index in [0.29, 0.717) is 31.8 Å². The number of carbonyl (C=O) groups excluding carboxylic acids is 3. The number of rotatable bonds is 12. The molecular formula is C27H31N3O4S. The molecule has 3 rings (SSSR count). The second-order valence-electron chi connectivity index (χ2n) is 8.20. The first-order chi connectivity index (χ1) is 17.0. The van der Waals surface area contributed by atoms with Crippen molar-refractivity contribution in [2.45, 2.75) is 45.6 Å². The van der Waals surface area contributed by atoms with E-state index in [2.05, 4.69) is 21.7 Å². The number of hydrogen-bond donors (Lipinski definition) is 2. The fourth-order valence-corrected chi connectivity index (χ4v) is 3.92. The Kier molecular flexibility index (Phi) is 10.6. The highest BCUT2D eigenvalue weighted by molar-refractivity contribution is 8.14. The van der Waals surface area contributed by atoms with E-state index in [1.807, 2.05) is 48.5 Å². The second-order valence-corrected chi connectivity index (χ2v) is 9.35. The first kappa shape index (κ1) is 26.2. The van der Waals surface area contributed by atoms with Crippen LogP contribution in [-0.2, 0) is 21.0 Å². The van der Waals surface area contributed by atoms with Gasteiger partial charge in [-0.25, -0.2) is 4.99 Å². The lowest BCUT2D eigenvalue weighted by molar-refractivity contribution is -0.120. The van der Waals surface area contributed by atoms with Gasteiger partial charge in [0.05, 0.1) is 5.75 Å². The molecule has 1 aliphatic rings. The van der Waals surface area contributed by atoms with Gasteiger partial charge in [-0.3, -0.25) is 14.4 Å². The van der Waals surface area contributed by atoms with Gasteiger partial charge in [-0.2, -0.15) is 0 Å². The zero-order chi connectivity index (χ0) is 24.9. The van der Waals surface area contributed by atoms with Crippen LogP contribution in [0.3, 0.4) is 0 Å². The summed E-state index contributed by atoms with van der Waals surface area (Å²) in [5, 5.41) is 5.62. The van der Waals surface area contributed by atoms with E-state index < -0.39 is 0 Å². The van der Waals surface area contributed by atoms with Crippen LogP contribution >= 0.6 is 11.8 Å². The average molecular weight is 494 g/mol. The highest BCUT2D eigenvalue weighted by atomic mass is 32.2. The molecule has 1 heterocycles. The summed E-state index contributed by atoms with van der Waals surface area (Å²) in [7, 11) is 0. The van der Waals surface area contributed by atoms with Crippen molar-refractivity contribution < 1.29 is 19.1 Å². The Labute approximate surface area is 210 Å². The van der Waals surface area contributed by atoms with Crippen molar-refractivity contribution in [3.8, 4) is 5.75 Å². The maximum absolute atomic E-state index is 12.3. The van der Waals surface area contributed by atoms with Gasteiger partial charge in [0.1, 0.15) is 18.2 Å². The molecule has 0 spiro atoms. The predicted octanol–water partition coefficient (Wildman–Crippen LogP) is 4.48. The molecule has 8 heteroatoms. The number of nitrogens with zero attached hydrogens (tertiary/aromatic N) is 1. The summed E-state index contributed by atoms with van der Waals surface area (Å²) in [6, 6.07) is 17.9. The quantitative estimate of drug-likeness (QED) is 0.425. The van der Waals surface area contributed by atoms with E-state index in [1.165, 1.54) is 6.92 Å². The largest absolute Gasteiger partial charge is 0.489 e. The van der Waals surface area contributed by atoms with Gasteiger partial charge in [-0.1, -0.05) is 54.6 Å². The molecule has 0 saturated carbocycles. The number of aliphatic imine (C=N–C) groups is 1. The van der Waals surface area contributed by atoms with Crippen molar-refractivity contribution in [3.05, 3.63) is 71.9 Å². The zero-order valence-electron chi connectivity index (χ0n) is 19.9. The molecule has 0 radical (unpaired) electrons. The summed E-state index contributed by atoms with van der Waals surface area (Å²) in [5.74, 6) is 1.46. The molecule has 7 nitrogen and oxygen atoms in total. The van der Waals surface area contributed by atoms with E-state index in [9.17, 15) is 14.4 Å². The monoisotopic (exact) mass is 493 g/mol. The van der Waals surface area contributed by atoms with Crippen LogP contribution in [0.1, 0.15) is 50.2 Å². The van der Waals surface area contributed by atoms with Crippen molar-refractivity contribution in [2.24, 2.45) is 4.99 Å². The third-order valence-corrected chi connectivity index (χ3v) is 6.09. The van der Waals surface area contributed by atoms with Crippen LogP contribution in [0.4, 0.5) is 0 Å². The third kappa shape index (κ3) is 9.78. The average Bonchev–Trinajstić information content (AvgIpc) is 3.33. The summed E-state index contributed by atoms with van der Waals surface area (Å²) in [4.78, 5) is 39.1. The number of amides is 2. The SMILES string of the molecule is CC(=O)SCC(=O)NCCCCCC(=O)NC1=NC=C(c2cccc(COc3ccccc3)c2)C1. The van der Waals surface area contributed by atoms with Gasteiger partial charge >= 0.3 is 0 Å². The van der Waals surface area contributed by atoms with Gasteiger partial charge < -0.3 is 15.4 Å². The number of para-hydroxylation sites is 1. The molecule has 0 aliphatic carbocycles. The first-order valence-corrected chi connectivity index (χ1v) is 12.7. The van der Waals surface area contributed by atoms with Crippen molar-refractivity contribution in [2.75, 3.05) is 12.3 Å². The number of amidine groups is 1. The lowest BCUT2D eigenvalue weighted by Crippen LogP contribution is -2.29. The Morgan fingerprint density at radius 3 is 2.63 bits per heavy atom. The molecule has 0 atom stereocenters. The molecule has 2 amide bonds. The molecule has 2 N–H and O–H groups in total. The molecule has 184 valence electrons. The summed E-state index contributed by atoms with van der Waals surface area (Å²) in [6.07, 6.45) is 5.16. The maximum Gasteiger partial charge on any atom is 0.230 e. The first-order valence-electron chi connectivity index (χ1n) is 11.7. The Morgan fingerprint density at radius 2 is 1.83 bits per heavy atom. The van der Waals surface area contributed by atoms with E-state index in [1.54, 1.807) is 6.20 Å². The highest BCUT2D eigenvalue weighted by Gasteiger charge is 2.15. The number of nitrogens with one attached hydrogen (secondary N) is 2. The van der Waals surface area contributed by atoms with Crippen LogP contribution in [-0.4, -0.2) is 35.1 Å². The molecule has 1 aliphatic heterocycles. The minimum absolute atomic E-state index is 0.0506. The van der Waals surface area contributed by atoms with Crippen molar-refractivity contribution in [3.63, 3.8) is 0 Å². The number of ether oxygens (including phenoxy) is 1. The molecule has 0 unspecified atom stereocenters. The van der Waals surface area contributed by atoms with Crippen molar-refractivity contribution in [1.29, 1.82) is 0 Å². The molecule has 2 aromatic carbocycles. The summed E-state index contributed by atoms with van der Waals surface area (Å²) in [5.41, 5.74) is 3.19. The van der Waals surface area contributed by atoms with Gasteiger partial charge in [0.15, 0.2) is 5.12 Å². The number of benzene rings is 2. The van der Waals surface area contributed by atoms with E-state index in [-0.39, 0.29) is 22.7 Å². The zero-order valence-corrected chi connectivity index (χ0v) is 20.7. The number of thioether (sulfide) groups is 1. The van der Waals surface area contributed by atoms with Crippen molar-refractivity contribution >= 4 is 40.1 Å². The van der Waals surface area contributed by atoms with Crippen LogP contribution in [0.2, 0.25) is 0 Å². The number of carbonyl (C=O) groups is 3. The number of unbranched alkanes of at least 4 members (excludes halogenated alkanes) is 2. The molecule has 35 heavy (non-hydrogen) atoms. The van der Waals surface area contributed by atoms with Crippen molar-refractivity contribution in [1.82, 2.24) is 10.6 Å². The van der Waals surface area contributed by atoms with Gasteiger partial charge in [-0.05, 0) is 47.7 Å². The van der Waals surface area contributed by atoms with Crippen LogP contribution < -0.4 is 15.4 Å². The maximum atomic E-state index is 12.3. The second kappa shape index (κ2) is 14.1. The van der Waals surface area contributed by atoms with Crippen LogP contribution in [0.15, 0.2) is 65.8 Å². The van der Waals surface area contributed by atoms with Gasteiger partial charge in [0, 0.05) is 32.5 Å². The third-order valence-electron chi connectivity index (χ3n) is 5.27. The van der Waals surface area contributed by atoms with Crippen LogP contribution in [0, 0.1) is 0 Å². The Hall–Kier alpha value is -3.39. The molecule has 0 fully saturated rings. The normalized spacial score (nSPS) is 12.5. The molecule has 0 bridgehead atoms. The fourth-order valence-electron chi connectivity index (χ4n) is 3.48. The summed E-state index contributed by atoms with van der Waals surface area (Å²) >= 11 is 1.00. The molecule has 2 aromatic rings.